The monoisotopic (exact) mass is 876 g/mol. The Labute approximate surface area is 400 Å². The van der Waals surface area contributed by atoms with Crippen molar-refractivity contribution in [3.05, 3.63) is 232 Å². The third-order valence-corrected chi connectivity index (χ3v) is 14.2. The van der Waals surface area contributed by atoms with E-state index in [-0.39, 0.29) is 17.0 Å². The molecule has 0 spiro atoms. The molecule has 0 radical (unpaired) electrons. The number of nitrogens with one attached hydrogen (secondary N) is 2. The van der Waals surface area contributed by atoms with Crippen LogP contribution < -0.4 is 15.5 Å². The van der Waals surface area contributed by atoms with Gasteiger partial charge in [-0.15, -0.1) is 0 Å². The molecule has 3 nitrogen and oxygen atoms in total. The molecule has 0 amide bonds. The molecule has 11 rings (SSSR count). The maximum Gasteiger partial charge on any atom is 0.133 e. The third kappa shape index (κ3) is 7.55. The van der Waals surface area contributed by atoms with Gasteiger partial charge in [0, 0.05) is 28.6 Å². The molecule has 0 saturated heterocycles. The van der Waals surface area contributed by atoms with Crippen LogP contribution >= 0.6 is 0 Å². The summed E-state index contributed by atoms with van der Waals surface area (Å²) in [7, 11) is 0. The Morgan fingerprint density at radius 3 is 1.60 bits per heavy atom. The second-order valence-electron chi connectivity index (χ2n) is 18.5. The van der Waals surface area contributed by atoms with Crippen LogP contribution in [0.3, 0.4) is 0 Å². The van der Waals surface area contributed by atoms with Gasteiger partial charge >= 0.3 is 0 Å². The van der Waals surface area contributed by atoms with Gasteiger partial charge in [-0.25, -0.2) is 0 Å². The molecule has 67 heavy (non-hydrogen) atoms. The van der Waals surface area contributed by atoms with E-state index in [2.05, 4.69) is 239 Å². The van der Waals surface area contributed by atoms with E-state index in [1.54, 1.807) is 0 Å². The summed E-state index contributed by atoms with van der Waals surface area (Å²) in [6.07, 6.45) is 8.69. The van der Waals surface area contributed by atoms with Crippen molar-refractivity contribution < 1.29 is 0 Å². The average Bonchev–Trinajstić information content (AvgIpc) is 3.97. The lowest BCUT2D eigenvalue weighted by molar-refractivity contribution is 0.643. The van der Waals surface area contributed by atoms with Crippen molar-refractivity contribution in [2.75, 3.05) is 11.4 Å². The van der Waals surface area contributed by atoms with Gasteiger partial charge in [0.05, 0.1) is 5.70 Å². The van der Waals surface area contributed by atoms with Crippen LogP contribution in [0, 0.1) is 0 Å². The van der Waals surface area contributed by atoms with E-state index >= 15 is 0 Å². The highest BCUT2D eigenvalue weighted by Gasteiger charge is 2.39. The molecule has 336 valence electrons. The molecule has 0 saturated carbocycles. The fraction of sp³-hybridized carbons (Fsp3) is 0.219. The average molecular weight is 876 g/mol. The summed E-state index contributed by atoms with van der Waals surface area (Å²) >= 11 is 0. The van der Waals surface area contributed by atoms with Crippen molar-refractivity contribution in [1.82, 2.24) is 10.6 Å². The minimum Gasteiger partial charge on any atom is -0.366 e. The molecule has 7 aromatic carbocycles. The van der Waals surface area contributed by atoms with Gasteiger partial charge in [0.25, 0.3) is 0 Å². The van der Waals surface area contributed by atoms with Gasteiger partial charge in [-0.1, -0.05) is 195 Å². The molecule has 0 bridgehead atoms. The molecular weight excluding hydrogens is 811 g/mol. The van der Waals surface area contributed by atoms with Gasteiger partial charge in [-0.05, 0) is 145 Å². The number of para-hydroxylation sites is 1. The number of fused-ring (bicyclic) bond motifs is 6. The highest BCUT2D eigenvalue weighted by molar-refractivity contribution is 5.92. The highest BCUT2D eigenvalue weighted by atomic mass is 15.4. The molecule has 2 N–H and O–H groups in total. The Bertz CT molecular complexity index is 2990. The van der Waals surface area contributed by atoms with Crippen LogP contribution in [-0.4, -0.2) is 6.54 Å². The summed E-state index contributed by atoms with van der Waals surface area (Å²) in [5.41, 5.74) is 23.9. The quantitative estimate of drug-likeness (QED) is 0.156. The van der Waals surface area contributed by atoms with Crippen molar-refractivity contribution in [3.8, 4) is 44.5 Å². The highest BCUT2D eigenvalue weighted by Crippen LogP contribution is 2.52. The van der Waals surface area contributed by atoms with E-state index in [0.717, 1.165) is 23.8 Å². The van der Waals surface area contributed by atoms with Crippen LogP contribution in [0.1, 0.15) is 114 Å². The Hall–Kier alpha value is -7.10. The zero-order valence-corrected chi connectivity index (χ0v) is 41.1. The molecule has 0 fully saturated rings. The first-order valence-electron chi connectivity index (χ1n) is 24.5. The number of dihydropyridines is 1. The van der Waals surface area contributed by atoms with Gasteiger partial charge in [-0.3, -0.25) is 0 Å². The molecule has 1 atom stereocenters. The Morgan fingerprint density at radius 2 is 1.04 bits per heavy atom. The SMILES string of the molecule is C/C=C\C(=C/C)c1ccccc1C1=CCNC2=C1NC(c1cc(-c3ccc4c(c3)-c3ccccc3C4(C)C)cc(-c3ccc4c(c3)-c3ccccc3C4(C)C)c1)N2c1ccccc1.CC.CC. The second-order valence-corrected chi connectivity index (χ2v) is 18.5. The van der Waals surface area contributed by atoms with E-state index in [9.17, 15) is 0 Å². The number of hydrogen-bond donors (Lipinski definition) is 2. The molecule has 7 aromatic rings. The lowest BCUT2D eigenvalue weighted by Crippen LogP contribution is -2.34. The fourth-order valence-corrected chi connectivity index (χ4v) is 11.0. The summed E-state index contributed by atoms with van der Waals surface area (Å²) in [5.74, 6) is 1.09. The summed E-state index contributed by atoms with van der Waals surface area (Å²) in [4.78, 5) is 2.47. The lowest BCUT2D eigenvalue weighted by Gasteiger charge is -2.30. The van der Waals surface area contributed by atoms with Crippen LogP contribution in [0.4, 0.5) is 5.69 Å². The maximum absolute atomic E-state index is 4.15. The Kier molecular flexibility index (Phi) is 12.3. The smallest absolute Gasteiger partial charge is 0.133 e. The minimum absolute atomic E-state index is 0.0575. The van der Waals surface area contributed by atoms with Crippen molar-refractivity contribution in [3.63, 3.8) is 0 Å². The largest absolute Gasteiger partial charge is 0.366 e. The topological polar surface area (TPSA) is 27.3 Å². The maximum atomic E-state index is 4.15. The van der Waals surface area contributed by atoms with E-state index in [1.807, 2.05) is 27.7 Å². The standard InChI is InChI=1S/C60H53N3.2C2H6/c1-7-18-38(8-2)45-21-12-13-22-46(45)49-31-32-61-58-56(49)62-57(63(58)44-19-10-9-11-20-44)43-34-41(39-27-29-54-50(36-39)47-23-14-16-25-52(47)59(54,3)4)33-42(35-43)40-28-30-55-51(37-40)48-24-15-17-26-53(48)60(55,5)6;2*1-2/h7-31,33-37,57,61-62H,32H2,1-6H3;2*1-2H3/b18-7-,38-8+;;. The number of benzene rings is 7. The number of anilines is 1. The first kappa shape index (κ1) is 45.1. The predicted octanol–water partition coefficient (Wildman–Crippen LogP) is 16.6. The van der Waals surface area contributed by atoms with Gasteiger partial charge in [-0.2, -0.15) is 0 Å². The zero-order chi connectivity index (χ0) is 47.0. The summed E-state index contributed by atoms with van der Waals surface area (Å²) < 4.78 is 0. The van der Waals surface area contributed by atoms with Crippen molar-refractivity contribution >= 4 is 16.8 Å². The van der Waals surface area contributed by atoms with Gasteiger partial charge < -0.3 is 15.5 Å². The van der Waals surface area contributed by atoms with Gasteiger partial charge in [0.15, 0.2) is 0 Å². The van der Waals surface area contributed by atoms with Crippen LogP contribution in [0.5, 0.6) is 0 Å². The number of hydrogen-bond acceptors (Lipinski definition) is 3. The van der Waals surface area contributed by atoms with Gasteiger partial charge in [0.2, 0.25) is 0 Å². The molecule has 2 heterocycles. The summed E-state index contributed by atoms with van der Waals surface area (Å²) in [6, 6.07) is 59.2. The van der Waals surface area contributed by atoms with E-state index in [4.69, 9.17) is 0 Å². The Morgan fingerprint density at radius 1 is 0.537 bits per heavy atom. The first-order chi connectivity index (χ1) is 32.7. The van der Waals surface area contributed by atoms with Crippen molar-refractivity contribution in [1.29, 1.82) is 0 Å². The molecule has 4 aliphatic rings. The normalized spacial score (nSPS) is 16.8. The van der Waals surface area contributed by atoms with Gasteiger partial charge in [0.1, 0.15) is 12.0 Å². The summed E-state index contributed by atoms with van der Waals surface area (Å²) in [5, 5.41) is 7.99. The molecule has 2 aliphatic heterocycles. The predicted molar refractivity (Wildman–Crippen MR) is 288 cm³/mol. The second kappa shape index (κ2) is 18.3. The van der Waals surface area contributed by atoms with Crippen LogP contribution in [-0.2, 0) is 10.8 Å². The number of nitrogens with zero attached hydrogens (tertiary/aromatic N) is 1. The van der Waals surface area contributed by atoms with E-state index in [1.165, 1.54) is 94.6 Å². The Balaban J connectivity index is 0.00000137. The number of rotatable bonds is 7. The molecule has 0 aromatic heterocycles. The van der Waals surface area contributed by atoms with Crippen LogP contribution in [0.25, 0.3) is 55.7 Å². The molecule has 3 heteroatoms. The van der Waals surface area contributed by atoms with Crippen molar-refractivity contribution in [2.24, 2.45) is 0 Å². The molecule has 1 unspecified atom stereocenters. The third-order valence-electron chi connectivity index (χ3n) is 14.2. The summed E-state index contributed by atoms with van der Waals surface area (Å²) in [6.45, 7) is 22.4. The van der Waals surface area contributed by atoms with Crippen LogP contribution in [0.15, 0.2) is 194 Å². The fourth-order valence-electron chi connectivity index (χ4n) is 11.0. The van der Waals surface area contributed by atoms with E-state index < -0.39 is 0 Å². The molecular formula is C64H65N3. The zero-order valence-electron chi connectivity index (χ0n) is 41.1. The van der Waals surface area contributed by atoms with Crippen LogP contribution in [0.2, 0.25) is 0 Å². The number of allylic oxidation sites excluding steroid dienone is 5. The first-order valence-corrected chi connectivity index (χ1v) is 24.5. The van der Waals surface area contributed by atoms with Crippen molar-refractivity contribution in [2.45, 2.75) is 86.2 Å². The van der Waals surface area contributed by atoms with E-state index in [0.29, 0.717) is 0 Å². The minimum atomic E-state index is -0.197. The lowest BCUT2D eigenvalue weighted by atomic mass is 9.82. The molecule has 2 aliphatic carbocycles.